The van der Waals surface area contributed by atoms with E-state index in [0.29, 0.717) is 6.10 Å². The highest BCUT2D eigenvalue weighted by molar-refractivity contribution is 7.89. The fourth-order valence-corrected chi connectivity index (χ4v) is 5.53. The molecule has 1 aliphatic carbocycles. The summed E-state index contributed by atoms with van der Waals surface area (Å²) in [6.07, 6.45) is 11.2. The number of hydrogen-bond acceptors (Lipinski definition) is 4. The molecule has 0 aromatic carbocycles. The van der Waals surface area contributed by atoms with E-state index in [1.54, 1.807) is 0 Å². The molecule has 128 valence electrons. The highest BCUT2D eigenvalue weighted by Crippen LogP contribution is 2.42. The number of likely N-dealkylation sites (tertiary alicyclic amines) is 1. The molecule has 0 radical (unpaired) electrons. The van der Waals surface area contributed by atoms with Gasteiger partial charge >= 0.3 is 0 Å². The molecule has 0 amide bonds. The van der Waals surface area contributed by atoms with Crippen molar-refractivity contribution in [2.75, 3.05) is 25.4 Å². The molecule has 2 N–H and O–H groups in total. The van der Waals surface area contributed by atoms with Gasteiger partial charge in [-0.3, -0.25) is 0 Å². The average molecular weight is 330 g/mol. The molecule has 3 fully saturated rings. The second kappa shape index (κ2) is 6.75. The standard InChI is InChI=1S/C16H30N2O3S/c17-22(19,20)13-14-5-10-18(11-6-14)12-15-4-9-16(21-15)7-2-1-3-8-16/h14-15H,1-13H2,(H2,17,19,20)/t15-/m1/s1. The first-order valence-electron chi connectivity index (χ1n) is 8.85. The van der Waals surface area contributed by atoms with Gasteiger partial charge in [0.15, 0.2) is 0 Å². The minimum absolute atomic E-state index is 0.143. The molecule has 2 heterocycles. The summed E-state index contributed by atoms with van der Waals surface area (Å²) in [5.74, 6) is 0.379. The minimum Gasteiger partial charge on any atom is -0.370 e. The van der Waals surface area contributed by atoms with Crippen molar-refractivity contribution in [3.05, 3.63) is 0 Å². The number of rotatable bonds is 4. The highest BCUT2D eigenvalue weighted by Gasteiger charge is 2.41. The van der Waals surface area contributed by atoms with Crippen LogP contribution in [0.25, 0.3) is 0 Å². The van der Waals surface area contributed by atoms with E-state index in [-0.39, 0.29) is 17.3 Å². The third-order valence-electron chi connectivity index (χ3n) is 5.74. The van der Waals surface area contributed by atoms with E-state index in [1.807, 2.05) is 0 Å². The predicted molar refractivity (Wildman–Crippen MR) is 87.1 cm³/mol. The van der Waals surface area contributed by atoms with Gasteiger partial charge in [0.1, 0.15) is 0 Å². The van der Waals surface area contributed by atoms with Crippen LogP contribution in [-0.2, 0) is 14.8 Å². The number of primary sulfonamides is 1. The summed E-state index contributed by atoms with van der Waals surface area (Å²) in [7, 11) is -3.33. The molecule has 0 aromatic heterocycles. The molecular weight excluding hydrogens is 300 g/mol. The molecule has 0 bridgehead atoms. The molecule has 0 unspecified atom stereocenters. The fraction of sp³-hybridized carbons (Fsp3) is 1.00. The van der Waals surface area contributed by atoms with E-state index in [2.05, 4.69) is 4.90 Å². The van der Waals surface area contributed by atoms with Gasteiger partial charge in [-0.25, -0.2) is 13.6 Å². The molecule has 1 atom stereocenters. The van der Waals surface area contributed by atoms with Gasteiger partial charge in [-0.05, 0) is 57.5 Å². The summed E-state index contributed by atoms with van der Waals surface area (Å²) in [4.78, 5) is 2.45. The molecule has 3 aliphatic rings. The van der Waals surface area contributed by atoms with Crippen LogP contribution < -0.4 is 5.14 Å². The third kappa shape index (κ3) is 4.43. The summed E-state index contributed by atoms with van der Waals surface area (Å²) < 4.78 is 28.8. The van der Waals surface area contributed by atoms with Crippen LogP contribution in [0.1, 0.15) is 57.8 Å². The quantitative estimate of drug-likeness (QED) is 0.854. The highest BCUT2D eigenvalue weighted by atomic mass is 32.2. The predicted octanol–water partition coefficient (Wildman–Crippen LogP) is 1.87. The van der Waals surface area contributed by atoms with Crippen molar-refractivity contribution < 1.29 is 13.2 Å². The van der Waals surface area contributed by atoms with Crippen LogP contribution in [0.15, 0.2) is 0 Å². The van der Waals surface area contributed by atoms with Crippen LogP contribution >= 0.6 is 0 Å². The number of piperidine rings is 1. The van der Waals surface area contributed by atoms with Gasteiger partial charge in [-0.1, -0.05) is 19.3 Å². The SMILES string of the molecule is NS(=O)(=O)CC1CCN(C[C@H]2CCC3(CCCCC3)O2)CC1. The first-order chi connectivity index (χ1) is 10.4. The Kier molecular flexibility index (Phi) is 5.12. The van der Waals surface area contributed by atoms with Gasteiger partial charge in [-0.15, -0.1) is 0 Å². The van der Waals surface area contributed by atoms with Crippen molar-refractivity contribution >= 4 is 10.0 Å². The Morgan fingerprint density at radius 2 is 1.73 bits per heavy atom. The number of nitrogens with zero attached hydrogens (tertiary/aromatic N) is 1. The molecule has 6 heteroatoms. The Morgan fingerprint density at radius 1 is 1.05 bits per heavy atom. The largest absolute Gasteiger partial charge is 0.370 e. The third-order valence-corrected chi connectivity index (χ3v) is 6.68. The zero-order valence-corrected chi connectivity index (χ0v) is 14.3. The Morgan fingerprint density at radius 3 is 2.36 bits per heavy atom. The zero-order valence-electron chi connectivity index (χ0n) is 13.5. The summed E-state index contributed by atoms with van der Waals surface area (Å²) >= 11 is 0. The van der Waals surface area contributed by atoms with Gasteiger partial charge in [0.05, 0.1) is 17.5 Å². The zero-order chi connectivity index (χ0) is 15.6. The maximum Gasteiger partial charge on any atom is 0.209 e. The Hall–Kier alpha value is -0.170. The molecule has 5 nitrogen and oxygen atoms in total. The minimum atomic E-state index is -3.33. The van der Waals surface area contributed by atoms with Crippen LogP contribution in [0, 0.1) is 5.92 Å². The lowest BCUT2D eigenvalue weighted by atomic mass is 9.83. The first-order valence-corrected chi connectivity index (χ1v) is 10.6. The van der Waals surface area contributed by atoms with E-state index >= 15 is 0 Å². The lowest BCUT2D eigenvalue weighted by Crippen LogP contribution is -2.41. The maximum absolute atomic E-state index is 11.2. The molecule has 1 spiro atoms. The Labute approximate surface area is 134 Å². The molecular formula is C16H30N2O3S. The molecule has 2 aliphatic heterocycles. The molecule has 2 saturated heterocycles. The second-order valence-electron chi connectivity index (χ2n) is 7.60. The van der Waals surface area contributed by atoms with Gasteiger partial charge in [0, 0.05) is 6.54 Å². The molecule has 22 heavy (non-hydrogen) atoms. The van der Waals surface area contributed by atoms with Crippen molar-refractivity contribution in [3.8, 4) is 0 Å². The van der Waals surface area contributed by atoms with Gasteiger partial charge in [-0.2, -0.15) is 0 Å². The number of ether oxygens (including phenoxy) is 1. The van der Waals surface area contributed by atoms with Gasteiger partial charge in [0.2, 0.25) is 10.0 Å². The summed E-state index contributed by atoms with van der Waals surface area (Å²) in [5, 5.41) is 5.15. The lowest BCUT2D eigenvalue weighted by molar-refractivity contribution is -0.0734. The smallest absolute Gasteiger partial charge is 0.209 e. The number of hydrogen-bond donors (Lipinski definition) is 1. The number of sulfonamides is 1. The molecule has 1 saturated carbocycles. The van der Waals surface area contributed by atoms with Crippen molar-refractivity contribution in [2.24, 2.45) is 11.1 Å². The van der Waals surface area contributed by atoms with Gasteiger partial charge in [0.25, 0.3) is 0 Å². The van der Waals surface area contributed by atoms with Crippen LogP contribution in [0.4, 0.5) is 0 Å². The molecule has 3 rings (SSSR count). The van der Waals surface area contributed by atoms with Crippen molar-refractivity contribution in [1.82, 2.24) is 4.90 Å². The van der Waals surface area contributed by atoms with E-state index < -0.39 is 10.0 Å². The summed E-state index contributed by atoms with van der Waals surface area (Å²) in [6.45, 7) is 2.98. The average Bonchev–Trinajstić information content (AvgIpc) is 2.83. The second-order valence-corrected chi connectivity index (χ2v) is 9.25. The van der Waals surface area contributed by atoms with Crippen LogP contribution in [0.2, 0.25) is 0 Å². The van der Waals surface area contributed by atoms with Crippen molar-refractivity contribution in [2.45, 2.75) is 69.5 Å². The topological polar surface area (TPSA) is 72.6 Å². The summed E-state index contributed by atoms with van der Waals surface area (Å²) in [5.41, 5.74) is 0.203. The van der Waals surface area contributed by atoms with Crippen molar-refractivity contribution in [3.63, 3.8) is 0 Å². The monoisotopic (exact) mass is 330 g/mol. The fourth-order valence-electron chi connectivity index (χ4n) is 4.54. The normalized spacial score (nSPS) is 30.9. The van der Waals surface area contributed by atoms with Crippen molar-refractivity contribution in [1.29, 1.82) is 0 Å². The van der Waals surface area contributed by atoms with Crippen LogP contribution in [0.5, 0.6) is 0 Å². The van der Waals surface area contributed by atoms with Crippen LogP contribution in [0.3, 0.4) is 0 Å². The van der Waals surface area contributed by atoms with E-state index in [1.165, 1.54) is 44.9 Å². The Bertz CT molecular complexity index is 466. The van der Waals surface area contributed by atoms with Gasteiger partial charge < -0.3 is 9.64 Å². The first kappa shape index (κ1) is 16.7. The van der Waals surface area contributed by atoms with E-state index in [9.17, 15) is 8.42 Å². The van der Waals surface area contributed by atoms with E-state index in [4.69, 9.17) is 9.88 Å². The maximum atomic E-state index is 11.2. The van der Waals surface area contributed by atoms with E-state index in [0.717, 1.165) is 32.5 Å². The molecule has 0 aromatic rings. The summed E-state index contributed by atoms with van der Waals surface area (Å²) in [6, 6.07) is 0. The number of nitrogens with two attached hydrogens (primary N) is 1. The lowest BCUT2D eigenvalue weighted by Gasteiger charge is -2.36. The Balaban J connectivity index is 1.42. The van der Waals surface area contributed by atoms with Crippen LogP contribution in [-0.4, -0.2) is 50.4 Å².